The zero-order chi connectivity index (χ0) is 41.9. The first-order valence-corrected chi connectivity index (χ1v) is 15.5. The van der Waals surface area contributed by atoms with Gasteiger partial charge in [0.05, 0.1) is 21.3 Å². The summed E-state index contributed by atoms with van der Waals surface area (Å²) in [5.74, 6) is 2.22. The topological polar surface area (TPSA) is 198 Å². The van der Waals surface area contributed by atoms with E-state index < -0.39 is 7.54 Å². The molecule has 58 heavy (non-hydrogen) atoms. The molecule has 13 nitrogen and oxygen atoms in total. The fourth-order valence-corrected chi connectivity index (χ4v) is 5.17. The fraction of sp³-hybridized carbons (Fsp3) is 0.649. The minimum atomic E-state index is -3.67. The van der Waals surface area contributed by atoms with Crippen LogP contribution in [0.1, 0.15) is 116 Å². The second-order valence-electron chi connectivity index (χ2n) is 10.0. The van der Waals surface area contributed by atoms with Crippen LogP contribution < -0.4 is 4.70 Å². The first-order chi connectivity index (χ1) is 24.7. The number of methoxy groups -OCH3 is 3. The molecule has 345 valence electrons. The van der Waals surface area contributed by atoms with Gasteiger partial charge in [-0.2, -0.15) is 0 Å². The maximum absolute atomic E-state index is 10.7. The van der Waals surface area contributed by atoms with E-state index in [1.165, 1.54) is 98.4 Å². The Kier molecular flexibility index (Phi) is 173. The molecule has 3 fully saturated rings. The van der Waals surface area contributed by atoms with Crippen LogP contribution in [0.5, 0.6) is 0 Å². The molecule has 0 aliphatic heterocycles. The molecule has 0 aromatic rings. The summed E-state index contributed by atoms with van der Waals surface area (Å²) in [7, 11) is 0.699. The third-order valence-corrected chi connectivity index (χ3v) is 7.38. The molecule has 3 aliphatic rings. The summed E-state index contributed by atoms with van der Waals surface area (Å²) < 4.78 is 42.7. The minimum Gasteiger partial charge on any atom is -1.00 e. The van der Waals surface area contributed by atoms with Gasteiger partial charge in [0.1, 0.15) is 0 Å². The van der Waals surface area contributed by atoms with Crippen molar-refractivity contribution in [3.8, 4) is 0 Å². The zero-order valence-corrected chi connectivity index (χ0v) is 37.8. The third-order valence-electron chi connectivity index (χ3n) is 7.38. The van der Waals surface area contributed by atoms with E-state index in [4.69, 9.17) is 33.6 Å². The van der Waals surface area contributed by atoms with Crippen LogP contribution in [-0.4, -0.2) is 94.3 Å². The van der Waals surface area contributed by atoms with Crippen LogP contribution >= 0.6 is 0 Å². The van der Waals surface area contributed by atoms with Crippen molar-refractivity contribution in [2.24, 2.45) is 17.8 Å². The molecule has 0 spiro atoms. The Bertz CT molecular complexity index is 635. The molecule has 0 aromatic carbocycles. The Morgan fingerprint density at radius 2 is 0.586 bits per heavy atom. The van der Waals surface area contributed by atoms with Crippen LogP contribution in [0.4, 0.5) is 12.9 Å². The van der Waals surface area contributed by atoms with Gasteiger partial charge in [-0.1, -0.05) is 77.0 Å². The van der Waals surface area contributed by atoms with Crippen LogP contribution in [0.15, 0.2) is 0 Å². The van der Waals surface area contributed by atoms with Gasteiger partial charge in [0.15, 0.2) is 0 Å². The molecule has 0 saturated heterocycles. The van der Waals surface area contributed by atoms with Crippen LogP contribution in [0, 0.1) is 40.0 Å². The van der Waals surface area contributed by atoms with Crippen LogP contribution in [-0.2, 0) is 113 Å². The number of hydrogen-bond acceptors (Lipinski definition) is 13. The van der Waals surface area contributed by atoms with Crippen molar-refractivity contribution < 1.29 is 131 Å². The summed E-state index contributed by atoms with van der Waals surface area (Å²) in [6, 6.07) is 0. The Balaban J connectivity index is -0.0000000292. The molecule has 0 N–H and O–H groups in total. The van der Waals surface area contributed by atoms with Crippen molar-refractivity contribution in [1.29, 1.82) is 0 Å². The van der Waals surface area contributed by atoms with Gasteiger partial charge < -0.3 is 74.8 Å². The SMILES string of the molecule is COC(=O)CCC1CCCC1.COC(=O)CCC1CCCC1.COC(=O)CCC1CCCC1.FB(F)F.[CH-]=O.[CH-]=O.[CH-]=O.[CH-]=O.[CH-]=O.[CH-]=O.[CH-]=O.[CH3-].[CH3-].[CH3-].[F-].[Fe+2].[Fe+4].[Fe+5]. The number of carbonyl (C=O) groups is 3. The van der Waals surface area contributed by atoms with E-state index in [1.54, 1.807) is 0 Å². The average Bonchev–Trinajstić information content (AvgIpc) is 4.03. The van der Waals surface area contributed by atoms with E-state index in [0.29, 0.717) is 19.3 Å². The molecule has 0 atom stereocenters. The Labute approximate surface area is 379 Å². The standard InChI is InChI=1S/3C9H16O2.7CHO.3CH3.BF3.FH.3Fe/c3*1-11-9(10)7-6-8-4-2-3-5-8;7*1-2;;;;2-1(3)4;;;;/h3*8H,2-7H2,1H3;7*1H;3*1H3;;1H;;;/q;;;10*-1;;;+2;+4;+5/p-1. The smallest absolute Gasteiger partial charge is 1.00 e. The molecule has 0 bridgehead atoms. The summed E-state index contributed by atoms with van der Waals surface area (Å²) in [6.07, 6.45) is 21.0. The molecule has 3 saturated carbocycles. The molecular formula is C37H64BF4Fe3O13. The van der Waals surface area contributed by atoms with E-state index in [-0.39, 0.29) is 96.1 Å². The second kappa shape index (κ2) is 100.0. The molecule has 3 aliphatic carbocycles. The van der Waals surface area contributed by atoms with Crippen molar-refractivity contribution >= 4 is 73.0 Å². The van der Waals surface area contributed by atoms with Gasteiger partial charge in [-0.15, -0.1) is 0 Å². The normalized spacial score (nSPS) is 11.6. The number of ether oxygens (including phenoxy) is 3. The monoisotopic (exact) mass is 971 g/mol. The van der Waals surface area contributed by atoms with Gasteiger partial charge in [-0.3, -0.25) is 74.9 Å². The average molecular weight is 971 g/mol. The van der Waals surface area contributed by atoms with Crippen molar-refractivity contribution in [3.63, 3.8) is 0 Å². The fourth-order valence-electron chi connectivity index (χ4n) is 5.17. The molecule has 0 heterocycles. The Hall–Kier alpha value is -2.56. The van der Waals surface area contributed by atoms with E-state index in [2.05, 4.69) is 61.7 Å². The number of hydrogen-bond donors (Lipinski definition) is 0. The van der Waals surface area contributed by atoms with E-state index >= 15 is 0 Å². The van der Waals surface area contributed by atoms with Gasteiger partial charge in [-0.05, 0) is 37.0 Å². The van der Waals surface area contributed by atoms with E-state index in [1.807, 2.05) is 0 Å². The zero-order valence-electron chi connectivity index (χ0n) is 34.5. The maximum atomic E-state index is 10.7. The number of rotatable bonds is 9. The van der Waals surface area contributed by atoms with Gasteiger partial charge in [-0.25, -0.2) is 0 Å². The van der Waals surface area contributed by atoms with Gasteiger partial charge in [0.25, 0.3) is 0 Å². The van der Waals surface area contributed by atoms with Gasteiger partial charge in [0, 0.05) is 19.3 Å². The van der Waals surface area contributed by atoms with Gasteiger partial charge >= 0.3 is 76.7 Å². The molecule has 0 amide bonds. The van der Waals surface area contributed by atoms with Crippen molar-refractivity contribution in [1.82, 2.24) is 0 Å². The molecule has 3 rings (SSSR count). The second-order valence-corrected chi connectivity index (χ2v) is 10.0. The summed E-state index contributed by atoms with van der Waals surface area (Å²) in [4.78, 5) is 86.5. The van der Waals surface area contributed by atoms with E-state index in [9.17, 15) is 27.3 Å². The Morgan fingerprint density at radius 3 is 0.690 bits per heavy atom. The molecule has 0 aromatic heterocycles. The van der Waals surface area contributed by atoms with Gasteiger partial charge in [0.2, 0.25) is 0 Å². The van der Waals surface area contributed by atoms with E-state index in [0.717, 1.165) is 37.0 Å². The molecular weight excluding hydrogens is 907 g/mol. The number of carbonyl (C=O) groups excluding carboxylic acids is 10. The number of halogens is 4. The first-order valence-electron chi connectivity index (χ1n) is 15.5. The Morgan fingerprint density at radius 1 is 0.466 bits per heavy atom. The summed E-state index contributed by atoms with van der Waals surface area (Å²) >= 11 is 0. The summed E-state index contributed by atoms with van der Waals surface area (Å²) in [6.45, 7) is 22.8. The maximum Gasteiger partial charge on any atom is 5.00 e. The summed E-state index contributed by atoms with van der Waals surface area (Å²) in [5.41, 5.74) is 0. The quantitative estimate of drug-likeness (QED) is 0.0811. The third kappa shape index (κ3) is 94.5. The van der Waals surface area contributed by atoms with Crippen molar-refractivity contribution in [3.05, 3.63) is 22.3 Å². The first kappa shape index (κ1) is 100. The van der Waals surface area contributed by atoms with Crippen LogP contribution in [0.25, 0.3) is 0 Å². The van der Waals surface area contributed by atoms with Crippen molar-refractivity contribution in [2.75, 3.05) is 21.3 Å². The predicted molar refractivity (Wildman–Crippen MR) is 205 cm³/mol. The molecule has 21 heteroatoms. The molecule has 0 unspecified atom stereocenters. The van der Waals surface area contributed by atoms with Crippen LogP contribution in [0.2, 0.25) is 0 Å². The predicted octanol–water partition coefficient (Wildman–Crippen LogP) is 3.70. The minimum absolute atomic E-state index is 0. The van der Waals surface area contributed by atoms with Crippen LogP contribution in [0.3, 0.4) is 0 Å². The number of esters is 3. The van der Waals surface area contributed by atoms with Crippen molar-refractivity contribution in [2.45, 2.75) is 116 Å². The largest absolute Gasteiger partial charge is 5.00 e. The molecule has 1 radical (unpaired) electrons. The summed E-state index contributed by atoms with van der Waals surface area (Å²) in [5, 5.41) is 0.